The van der Waals surface area contributed by atoms with E-state index in [1.54, 1.807) is 7.11 Å². The Morgan fingerprint density at radius 1 is 0.938 bits per heavy atom. The Kier molecular flexibility index (Phi) is 5.60. The van der Waals surface area contributed by atoms with Gasteiger partial charge in [-0.2, -0.15) is 15.1 Å². The van der Waals surface area contributed by atoms with E-state index in [2.05, 4.69) is 27.1 Å². The molecule has 1 fully saturated rings. The molecule has 0 aliphatic carbocycles. The molecule has 1 aliphatic heterocycles. The molecule has 4 aromatic rings. The average Bonchev–Trinajstić information content (AvgIpc) is 3.29. The highest BCUT2D eigenvalue weighted by Gasteiger charge is 2.21. The van der Waals surface area contributed by atoms with Crippen molar-refractivity contribution in [2.75, 3.05) is 50.1 Å². The van der Waals surface area contributed by atoms with Crippen molar-refractivity contribution in [2.45, 2.75) is 6.92 Å². The molecule has 0 spiro atoms. The second-order valence-corrected chi connectivity index (χ2v) is 7.78. The van der Waals surface area contributed by atoms with Gasteiger partial charge in [-0.3, -0.25) is 0 Å². The summed E-state index contributed by atoms with van der Waals surface area (Å²) in [5.74, 6) is 2.28. The van der Waals surface area contributed by atoms with Crippen LogP contribution >= 0.6 is 0 Å². The molecule has 1 aliphatic rings. The van der Waals surface area contributed by atoms with Crippen molar-refractivity contribution in [3.05, 3.63) is 60.8 Å². The van der Waals surface area contributed by atoms with Crippen LogP contribution in [0.15, 0.2) is 60.8 Å². The van der Waals surface area contributed by atoms with Crippen molar-refractivity contribution in [3.63, 3.8) is 0 Å². The first-order valence-electron chi connectivity index (χ1n) is 10.9. The summed E-state index contributed by atoms with van der Waals surface area (Å²) in [4.78, 5) is 14.6. The van der Waals surface area contributed by atoms with Crippen molar-refractivity contribution in [1.82, 2.24) is 24.6 Å². The highest BCUT2D eigenvalue weighted by Crippen LogP contribution is 2.29. The molecule has 8 heteroatoms. The lowest BCUT2D eigenvalue weighted by Gasteiger charge is -2.34. The summed E-state index contributed by atoms with van der Waals surface area (Å²) in [6.07, 6.45) is 1.83. The second-order valence-electron chi connectivity index (χ2n) is 7.78. The van der Waals surface area contributed by atoms with Gasteiger partial charge in [0.25, 0.3) is 0 Å². The highest BCUT2D eigenvalue weighted by molar-refractivity contribution is 5.90. The largest absolute Gasteiger partial charge is 0.497 e. The molecule has 0 unspecified atom stereocenters. The summed E-state index contributed by atoms with van der Waals surface area (Å²) >= 11 is 0. The SMILES string of the molecule is CCN1CCN(c2nc(Nc3ccc(OC)cc3)c3cnn(-c4ccccc4)c3n2)CC1. The van der Waals surface area contributed by atoms with E-state index in [0.717, 1.165) is 72.6 Å². The maximum Gasteiger partial charge on any atom is 0.229 e. The predicted octanol–water partition coefficient (Wildman–Crippen LogP) is 3.71. The van der Waals surface area contributed by atoms with Crippen LogP contribution < -0.4 is 15.0 Å². The number of hydrogen-bond acceptors (Lipinski definition) is 7. The lowest BCUT2D eigenvalue weighted by Crippen LogP contribution is -2.46. The van der Waals surface area contributed by atoms with Crippen LogP contribution in [0, 0.1) is 0 Å². The summed E-state index contributed by atoms with van der Waals surface area (Å²) in [5.41, 5.74) is 2.69. The molecular formula is C24H27N7O. The number of fused-ring (bicyclic) bond motifs is 1. The van der Waals surface area contributed by atoms with Gasteiger partial charge in [0.2, 0.25) is 5.95 Å². The number of para-hydroxylation sites is 1. The van der Waals surface area contributed by atoms with E-state index < -0.39 is 0 Å². The van der Waals surface area contributed by atoms with Gasteiger partial charge in [-0.1, -0.05) is 25.1 Å². The number of methoxy groups -OCH3 is 1. The average molecular weight is 430 g/mol. The number of ether oxygens (including phenoxy) is 1. The molecule has 2 aromatic carbocycles. The first-order chi connectivity index (χ1) is 15.7. The van der Waals surface area contributed by atoms with Gasteiger partial charge in [0.05, 0.1) is 24.4 Å². The zero-order valence-corrected chi connectivity index (χ0v) is 18.4. The number of hydrogen-bond donors (Lipinski definition) is 1. The minimum Gasteiger partial charge on any atom is -0.497 e. The minimum absolute atomic E-state index is 0.724. The number of nitrogens with zero attached hydrogens (tertiary/aromatic N) is 6. The van der Waals surface area contributed by atoms with Crippen molar-refractivity contribution < 1.29 is 4.74 Å². The fourth-order valence-electron chi connectivity index (χ4n) is 3.97. The molecular weight excluding hydrogens is 402 g/mol. The summed E-state index contributed by atoms with van der Waals surface area (Å²) in [6, 6.07) is 17.9. The van der Waals surface area contributed by atoms with E-state index in [4.69, 9.17) is 14.7 Å². The minimum atomic E-state index is 0.724. The van der Waals surface area contributed by atoms with Gasteiger partial charge in [0, 0.05) is 31.9 Å². The van der Waals surface area contributed by atoms with Crippen LogP contribution in [0.1, 0.15) is 6.92 Å². The summed E-state index contributed by atoms with van der Waals surface area (Å²) < 4.78 is 7.16. The standard InChI is InChI=1S/C24H27N7O/c1-3-29-13-15-30(16-14-29)24-27-22(26-18-9-11-20(32-2)12-10-18)21-17-25-31(23(21)28-24)19-7-5-4-6-8-19/h4-12,17H,3,13-16H2,1-2H3,(H,26,27,28). The topological polar surface area (TPSA) is 71.3 Å². The van der Waals surface area contributed by atoms with E-state index in [9.17, 15) is 0 Å². The van der Waals surface area contributed by atoms with Crippen molar-refractivity contribution in [2.24, 2.45) is 0 Å². The lowest BCUT2D eigenvalue weighted by molar-refractivity contribution is 0.270. The zero-order chi connectivity index (χ0) is 21.9. The van der Waals surface area contributed by atoms with Crippen LogP contribution in [0.25, 0.3) is 16.7 Å². The molecule has 0 atom stereocenters. The molecule has 2 aromatic heterocycles. The molecule has 3 heterocycles. The first-order valence-corrected chi connectivity index (χ1v) is 10.9. The molecule has 0 saturated carbocycles. The van der Waals surface area contributed by atoms with Gasteiger partial charge in [-0.25, -0.2) is 4.68 Å². The third-order valence-corrected chi connectivity index (χ3v) is 5.87. The predicted molar refractivity (Wildman–Crippen MR) is 127 cm³/mol. The Hall–Kier alpha value is -3.65. The van der Waals surface area contributed by atoms with Gasteiger partial charge < -0.3 is 19.9 Å². The first kappa shape index (κ1) is 20.3. The van der Waals surface area contributed by atoms with Crippen molar-refractivity contribution in [3.8, 4) is 11.4 Å². The normalized spacial score (nSPS) is 14.6. The molecule has 164 valence electrons. The fraction of sp³-hybridized carbons (Fsp3) is 0.292. The quantitative estimate of drug-likeness (QED) is 0.501. The smallest absolute Gasteiger partial charge is 0.229 e. The Labute approximate surface area is 187 Å². The molecule has 8 nitrogen and oxygen atoms in total. The van der Waals surface area contributed by atoms with Crippen LogP contribution in [-0.4, -0.2) is 64.5 Å². The van der Waals surface area contributed by atoms with E-state index >= 15 is 0 Å². The number of nitrogens with one attached hydrogen (secondary N) is 1. The summed E-state index contributed by atoms with van der Waals surface area (Å²) in [7, 11) is 1.67. The molecule has 5 rings (SSSR count). The van der Waals surface area contributed by atoms with Crippen LogP contribution in [0.3, 0.4) is 0 Å². The van der Waals surface area contributed by atoms with Gasteiger partial charge >= 0.3 is 0 Å². The molecule has 1 saturated heterocycles. The Balaban J connectivity index is 1.57. The van der Waals surface area contributed by atoms with Gasteiger partial charge in [0.1, 0.15) is 11.6 Å². The number of piperazine rings is 1. The lowest BCUT2D eigenvalue weighted by atomic mass is 10.3. The summed E-state index contributed by atoms with van der Waals surface area (Å²) in [6.45, 7) is 7.10. The van der Waals surface area contributed by atoms with Crippen molar-refractivity contribution in [1.29, 1.82) is 0 Å². The number of anilines is 3. The monoisotopic (exact) mass is 429 g/mol. The second kappa shape index (κ2) is 8.84. The molecule has 0 bridgehead atoms. The van der Waals surface area contributed by atoms with Crippen LogP contribution in [0.4, 0.5) is 17.5 Å². The van der Waals surface area contributed by atoms with E-state index in [0.29, 0.717) is 0 Å². The van der Waals surface area contributed by atoms with E-state index in [-0.39, 0.29) is 0 Å². The van der Waals surface area contributed by atoms with E-state index in [1.165, 1.54) is 0 Å². The fourth-order valence-corrected chi connectivity index (χ4v) is 3.97. The Morgan fingerprint density at radius 3 is 2.38 bits per heavy atom. The maximum absolute atomic E-state index is 5.28. The number of likely N-dealkylation sites (N-methyl/N-ethyl adjacent to an activating group) is 1. The third-order valence-electron chi connectivity index (χ3n) is 5.87. The maximum atomic E-state index is 5.28. The highest BCUT2D eigenvalue weighted by atomic mass is 16.5. The molecule has 0 radical (unpaired) electrons. The van der Waals surface area contributed by atoms with Gasteiger partial charge in [0.15, 0.2) is 5.65 Å². The molecule has 1 N–H and O–H groups in total. The van der Waals surface area contributed by atoms with Gasteiger partial charge in [-0.15, -0.1) is 0 Å². The van der Waals surface area contributed by atoms with Gasteiger partial charge in [-0.05, 0) is 42.9 Å². The number of rotatable bonds is 6. The van der Waals surface area contributed by atoms with Crippen molar-refractivity contribution >= 4 is 28.5 Å². The Bertz CT molecular complexity index is 1180. The zero-order valence-electron chi connectivity index (χ0n) is 18.4. The summed E-state index contributed by atoms with van der Waals surface area (Å²) in [5, 5.41) is 8.98. The number of aromatic nitrogens is 4. The van der Waals surface area contributed by atoms with Crippen LogP contribution in [0.2, 0.25) is 0 Å². The number of benzene rings is 2. The molecule has 32 heavy (non-hydrogen) atoms. The third kappa shape index (κ3) is 3.97. The Morgan fingerprint density at radius 2 is 1.69 bits per heavy atom. The van der Waals surface area contributed by atoms with Crippen LogP contribution in [-0.2, 0) is 0 Å². The van der Waals surface area contributed by atoms with E-state index in [1.807, 2.05) is 65.5 Å². The molecule has 0 amide bonds. The van der Waals surface area contributed by atoms with Crippen LogP contribution in [0.5, 0.6) is 5.75 Å².